The smallest absolute Gasteiger partial charge is 0.306 e. The molecule has 20 heavy (non-hydrogen) atoms. The van der Waals surface area contributed by atoms with Gasteiger partial charge >= 0.3 is 5.97 Å². The molecule has 0 spiro atoms. The summed E-state index contributed by atoms with van der Waals surface area (Å²) in [5, 5.41) is 18.4. The van der Waals surface area contributed by atoms with E-state index in [0.717, 1.165) is 0 Å². The second-order valence-corrected chi connectivity index (χ2v) is 6.33. The van der Waals surface area contributed by atoms with Crippen LogP contribution in [0.5, 0.6) is 5.75 Å². The number of hydrogen-bond donors (Lipinski definition) is 3. The number of sulfonamides is 1. The summed E-state index contributed by atoms with van der Waals surface area (Å²) in [5.74, 6) is -0.694. The number of aliphatic carboxylic acids is 1. The van der Waals surface area contributed by atoms with Crippen molar-refractivity contribution in [3.8, 4) is 5.75 Å². The van der Waals surface area contributed by atoms with Gasteiger partial charge in [-0.2, -0.15) is 0 Å². The molecule has 0 aliphatic heterocycles. The number of carboxylic acid groups (broad SMARTS) is 1. The zero-order valence-electron chi connectivity index (χ0n) is 11.2. The van der Waals surface area contributed by atoms with Crippen molar-refractivity contribution in [1.29, 1.82) is 0 Å². The SMILES string of the molecule is COc1ccc(S(=O)(=O)NCC(C)(O)CC(=O)O)cc1. The van der Waals surface area contributed by atoms with Crippen LogP contribution in [-0.2, 0) is 14.8 Å². The molecule has 0 aliphatic rings. The predicted octanol–water partition coefficient (Wildman–Crippen LogP) is 0.199. The van der Waals surface area contributed by atoms with E-state index in [1.165, 1.54) is 38.3 Å². The highest BCUT2D eigenvalue weighted by atomic mass is 32.2. The van der Waals surface area contributed by atoms with E-state index in [1.54, 1.807) is 0 Å². The lowest BCUT2D eigenvalue weighted by Gasteiger charge is -2.21. The van der Waals surface area contributed by atoms with E-state index >= 15 is 0 Å². The van der Waals surface area contributed by atoms with Gasteiger partial charge in [-0.3, -0.25) is 4.79 Å². The number of hydrogen-bond acceptors (Lipinski definition) is 5. The first-order valence-corrected chi connectivity index (χ1v) is 7.22. The number of methoxy groups -OCH3 is 1. The summed E-state index contributed by atoms with van der Waals surface area (Å²) in [6.45, 7) is 0.853. The summed E-state index contributed by atoms with van der Waals surface area (Å²) in [4.78, 5) is 10.5. The lowest BCUT2D eigenvalue weighted by molar-refractivity contribution is -0.141. The lowest BCUT2D eigenvalue weighted by Crippen LogP contribution is -2.42. The number of ether oxygens (including phenoxy) is 1. The minimum Gasteiger partial charge on any atom is -0.497 e. The third kappa shape index (κ3) is 4.80. The Morgan fingerprint density at radius 1 is 1.35 bits per heavy atom. The van der Waals surface area contributed by atoms with Crippen LogP contribution in [0.15, 0.2) is 29.2 Å². The first-order chi connectivity index (χ1) is 9.16. The molecule has 0 amide bonds. The average molecular weight is 303 g/mol. The van der Waals surface area contributed by atoms with Crippen LogP contribution in [0.25, 0.3) is 0 Å². The Bertz CT molecular complexity index is 564. The van der Waals surface area contributed by atoms with Crippen LogP contribution >= 0.6 is 0 Å². The zero-order valence-corrected chi connectivity index (χ0v) is 12.0. The molecule has 0 radical (unpaired) electrons. The fourth-order valence-electron chi connectivity index (χ4n) is 1.48. The van der Waals surface area contributed by atoms with E-state index in [4.69, 9.17) is 9.84 Å². The van der Waals surface area contributed by atoms with E-state index in [1.807, 2.05) is 0 Å². The van der Waals surface area contributed by atoms with Crippen molar-refractivity contribution in [2.75, 3.05) is 13.7 Å². The number of carbonyl (C=O) groups is 1. The molecular weight excluding hydrogens is 286 g/mol. The molecule has 0 bridgehead atoms. The molecule has 0 heterocycles. The van der Waals surface area contributed by atoms with Gasteiger partial charge in [0.25, 0.3) is 0 Å². The second kappa shape index (κ2) is 6.21. The number of aliphatic hydroxyl groups is 1. The Balaban J connectivity index is 2.76. The highest BCUT2D eigenvalue weighted by Crippen LogP contribution is 2.16. The summed E-state index contributed by atoms with van der Waals surface area (Å²) in [5.41, 5.74) is -1.66. The van der Waals surface area contributed by atoms with Gasteiger partial charge in [0.05, 0.1) is 24.0 Å². The molecule has 3 N–H and O–H groups in total. The third-order valence-electron chi connectivity index (χ3n) is 2.54. The molecule has 7 nitrogen and oxygen atoms in total. The second-order valence-electron chi connectivity index (χ2n) is 4.57. The van der Waals surface area contributed by atoms with E-state index in [9.17, 15) is 18.3 Å². The molecule has 1 atom stereocenters. The van der Waals surface area contributed by atoms with Gasteiger partial charge in [-0.15, -0.1) is 0 Å². The molecule has 1 rings (SSSR count). The van der Waals surface area contributed by atoms with Crippen molar-refractivity contribution in [1.82, 2.24) is 4.72 Å². The molecule has 0 saturated carbocycles. The summed E-state index contributed by atoms with van der Waals surface area (Å²) >= 11 is 0. The van der Waals surface area contributed by atoms with Gasteiger partial charge in [-0.25, -0.2) is 13.1 Å². The van der Waals surface area contributed by atoms with Crippen LogP contribution in [0.1, 0.15) is 13.3 Å². The van der Waals surface area contributed by atoms with Crippen molar-refractivity contribution in [3.63, 3.8) is 0 Å². The summed E-state index contributed by atoms with van der Waals surface area (Å²) < 4.78 is 31.0. The normalized spacial score (nSPS) is 14.6. The molecular formula is C12H17NO6S. The molecule has 112 valence electrons. The minimum absolute atomic E-state index is 0.00410. The highest BCUT2D eigenvalue weighted by Gasteiger charge is 2.27. The Morgan fingerprint density at radius 3 is 2.35 bits per heavy atom. The monoisotopic (exact) mass is 303 g/mol. The highest BCUT2D eigenvalue weighted by molar-refractivity contribution is 7.89. The van der Waals surface area contributed by atoms with Gasteiger partial charge in [-0.05, 0) is 31.2 Å². The van der Waals surface area contributed by atoms with E-state index in [0.29, 0.717) is 5.75 Å². The molecule has 0 aliphatic carbocycles. The molecule has 8 heteroatoms. The van der Waals surface area contributed by atoms with Crippen molar-refractivity contribution < 1.29 is 28.2 Å². The van der Waals surface area contributed by atoms with Crippen molar-refractivity contribution in [3.05, 3.63) is 24.3 Å². The van der Waals surface area contributed by atoms with E-state index in [-0.39, 0.29) is 4.90 Å². The summed E-state index contributed by atoms with van der Waals surface area (Å²) in [6.07, 6.45) is -0.557. The van der Waals surface area contributed by atoms with Gasteiger partial charge in [-0.1, -0.05) is 0 Å². The first-order valence-electron chi connectivity index (χ1n) is 5.74. The zero-order chi connectivity index (χ0) is 15.4. The number of benzene rings is 1. The maximum absolute atomic E-state index is 12.0. The molecule has 1 aromatic rings. The predicted molar refractivity (Wildman–Crippen MR) is 71.1 cm³/mol. The van der Waals surface area contributed by atoms with Crippen LogP contribution in [-0.4, -0.2) is 43.9 Å². The van der Waals surface area contributed by atoms with Gasteiger partial charge in [0, 0.05) is 6.54 Å². The van der Waals surface area contributed by atoms with Crippen molar-refractivity contribution >= 4 is 16.0 Å². The van der Waals surface area contributed by atoms with Crippen LogP contribution < -0.4 is 9.46 Å². The number of carboxylic acids is 1. The lowest BCUT2D eigenvalue weighted by atomic mass is 10.0. The van der Waals surface area contributed by atoms with Crippen LogP contribution in [0.2, 0.25) is 0 Å². The number of nitrogens with one attached hydrogen (secondary N) is 1. The quantitative estimate of drug-likeness (QED) is 0.663. The van der Waals surface area contributed by atoms with Gasteiger partial charge in [0.1, 0.15) is 5.75 Å². The molecule has 0 saturated heterocycles. The standard InChI is InChI=1S/C12H17NO6S/c1-12(16,7-11(14)15)8-13-20(17,18)10-5-3-9(19-2)4-6-10/h3-6,13,16H,7-8H2,1-2H3,(H,14,15). The molecule has 0 fully saturated rings. The summed E-state index contributed by atoms with van der Waals surface area (Å²) in [7, 11) is -2.35. The van der Waals surface area contributed by atoms with Crippen LogP contribution in [0.3, 0.4) is 0 Å². The average Bonchev–Trinajstić information content (AvgIpc) is 2.35. The van der Waals surface area contributed by atoms with E-state index < -0.39 is 34.6 Å². The topological polar surface area (TPSA) is 113 Å². The summed E-state index contributed by atoms with van der Waals surface area (Å²) in [6, 6.07) is 5.69. The van der Waals surface area contributed by atoms with Gasteiger partial charge < -0.3 is 14.9 Å². The fourth-order valence-corrected chi connectivity index (χ4v) is 2.64. The van der Waals surface area contributed by atoms with E-state index in [2.05, 4.69) is 4.72 Å². The Hall–Kier alpha value is -1.64. The molecule has 1 unspecified atom stereocenters. The Morgan fingerprint density at radius 2 is 1.90 bits per heavy atom. The van der Waals surface area contributed by atoms with Crippen LogP contribution in [0, 0.1) is 0 Å². The number of rotatable bonds is 7. The van der Waals surface area contributed by atoms with Crippen molar-refractivity contribution in [2.24, 2.45) is 0 Å². The Kier molecular flexibility index (Phi) is 5.09. The molecule has 1 aromatic carbocycles. The largest absolute Gasteiger partial charge is 0.497 e. The molecule has 0 aromatic heterocycles. The first kappa shape index (κ1) is 16.4. The van der Waals surface area contributed by atoms with Crippen LogP contribution in [0.4, 0.5) is 0 Å². The Labute approximate surface area is 117 Å². The van der Waals surface area contributed by atoms with Gasteiger partial charge in [0.2, 0.25) is 10.0 Å². The minimum atomic E-state index is -3.81. The third-order valence-corrected chi connectivity index (χ3v) is 3.96. The maximum atomic E-state index is 12.0. The van der Waals surface area contributed by atoms with Gasteiger partial charge in [0.15, 0.2) is 0 Å². The fraction of sp³-hybridized carbons (Fsp3) is 0.417. The maximum Gasteiger partial charge on any atom is 0.306 e. The van der Waals surface area contributed by atoms with Crippen molar-refractivity contribution in [2.45, 2.75) is 23.8 Å².